The van der Waals surface area contributed by atoms with Gasteiger partial charge in [0, 0.05) is 25.0 Å². The van der Waals surface area contributed by atoms with Crippen LogP contribution in [0.3, 0.4) is 0 Å². The molecule has 1 aliphatic carbocycles. The number of fused-ring (bicyclic) bond motifs is 1. The van der Waals surface area contributed by atoms with Gasteiger partial charge in [0.25, 0.3) is 0 Å². The fourth-order valence-electron chi connectivity index (χ4n) is 5.59. The van der Waals surface area contributed by atoms with Gasteiger partial charge in [-0.25, -0.2) is 4.79 Å². The summed E-state index contributed by atoms with van der Waals surface area (Å²) in [6.45, 7) is 5.30. The molecule has 1 aromatic carbocycles. The fraction of sp³-hybridized carbons (Fsp3) is 0.576. The van der Waals surface area contributed by atoms with Gasteiger partial charge in [0.15, 0.2) is 0 Å². The van der Waals surface area contributed by atoms with Crippen molar-refractivity contribution in [1.29, 1.82) is 0 Å². The summed E-state index contributed by atoms with van der Waals surface area (Å²) in [4.78, 5) is 53.9. The van der Waals surface area contributed by atoms with Crippen molar-refractivity contribution in [2.45, 2.75) is 88.9 Å². The molecule has 2 saturated heterocycles. The van der Waals surface area contributed by atoms with Crippen LogP contribution in [0.1, 0.15) is 68.8 Å². The summed E-state index contributed by atoms with van der Waals surface area (Å²) in [5.74, 6) is -1.80. The van der Waals surface area contributed by atoms with E-state index in [1.807, 2.05) is 0 Å². The molecule has 252 valence electrons. The third-order valence-corrected chi connectivity index (χ3v) is 7.72. The lowest BCUT2D eigenvalue weighted by Crippen LogP contribution is -2.51. The average molecular weight is 645 g/mol. The van der Waals surface area contributed by atoms with E-state index in [0.717, 1.165) is 0 Å². The highest BCUT2D eigenvalue weighted by Gasteiger charge is 2.45. The van der Waals surface area contributed by atoms with Crippen LogP contribution in [-0.4, -0.2) is 108 Å². The summed E-state index contributed by atoms with van der Waals surface area (Å²) in [6.07, 6.45) is 4.08. The number of nitrogens with zero attached hydrogens (tertiary/aromatic N) is 1. The van der Waals surface area contributed by atoms with E-state index in [1.54, 1.807) is 57.2 Å². The largest absolute Gasteiger partial charge is 0.499 e. The maximum absolute atomic E-state index is 13.8. The molecule has 2 aliphatic heterocycles. The normalized spacial score (nSPS) is 23.4. The third kappa shape index (κ3) is 9.61. The quantitative estimate of drug-likeness (QED) is 0.163. The molecule has 0 bridgehead atoms. The first-order valence-electron chi connectivity index (χ1n) is 15.6. The second-order valence-corrected chi connectivity index (χ2v) is 12.4. The lowest BCUT2D eigenvalue weighted by Gasteiger charge is -2.33. The summed E-state index contributed by atoms with van der Waals surface area (Å²) in [5, 5.41) is 21.5. The molecule has 0 spiro atoms. The average Bonchev–Trinajstić information content (AvgIpc) is 3.71. The van der Waals surface area contributed by atoms with E-state index in [-0.39, 0.29) is 51.8 Å². The highest BCUT2D eigenvalue weighted by atomic mass is 16.7. The molecule has 2 amide bonds. The number of esters is 2. The monoisotopic (exact) mass is 644 g/mol. The van der Waals surface area contributed by atoms with Gasteiger partial charge in [-0.15, -0.1) is 0 Å². The Hall–Kier alpha value is -3.78. The second-order valence-electron chi connectivity index (χ2n) is 12.4. The topological polar surface area (TPSA) is 170 Å². The third-order valence-electron chi connectivity index (χ3n) is 7.72. The number of carbonyl (C=O) groups is 4. The van der Waals surface area contributed by atoms with E-state index in [1.165, 1.54) is 11.2 Å². The number of ether oxygens (including phenoxy) is 5. The van der Waals surface area contributed by atoms with E-state index < -0.39 is 53.8 Å². The Morgan fingerprint density at radius 3 is 2.72 bits per heavy atom. The molecule has 1 aromatic rings. The van der Waals surface area contributed by atoms with Crippen LogP contribution in [0.25, 0.3) is 6.08 Å². The Morgan fingerprint density at radius 1 is 1.17 bits per heavy atom. The Bertz CT molecular complexity index is 1300. The van der Waals surface area contributed by atoms with Crippen molar-refractivity contribution in [3.05, 3.63) is 53.3 Å². The second kappa shape index (κ2) is 16.2. The van der Waals surface area contributed by atoms with Crippen molar-refractivity contribution in [2.75, 3.05) is 33.2 Å². The molecule has 0 aromatic heterocycles. The number of nitrogens with one attached hydrogen (secondary N) is 1. The molecule has 13 heteroatoms. The van der Waals surface area contributed by atoms with Gasteiger partial charge < -0.3 is 44.1 Å². The van der Waals surface area contributed by atoms with Crippen LogP contribution in [0, 0.1) is 0 Å². The molecular weight excluding hydrogens is 600 g/mol. The molecule has 4 rings (SSSR count). The zero-order valence-corrected chi connectivity index (χ0v) is 26.5. The van der Waals surface area contributed by atoms with Crippen LogP contribution in [0.2, 0.25) is 0 Å². The Morgan fingerprint density at radius 2 is 1.98 bits per heavy atom. The molecule has 13 nitrogen and oxygen atoms in total. The SMILES string of the molecule is CC(C)(C)OC(=O)CCC(CO)NC(=O)C1CCCN1C(=O)C1=CC2OCOC2C(OC(=O)c2cccc(C=COCCO)c2)C1. The minimum Gasteiger partial charge on any atom is -0.499 e. The number of aliphatic hydroxyl groups excluding tert-OH is 2. The van der Waals surface area contributed by atoms with Crippen molar-refractivity contribution in [3.8, 4) is 0 Å². The van der Waals surface area contributed by atoms with Crippen molar-refractivity contribution >= 4 is 29.8 Å². The molecule has 0 radical (unpaired) electrons. The number of rotatable bonds is 13. The minimum absolute atomic E-state index is 0.0178. The molecule has 46 heavy (non-hydrogen) atoms. The zero-order valence-electron chi connectivity index (χ0n) is 26.5. The first kappa shape index (κ1) is 35.1. The Kier molecular flexibility index (Phi) is 12.3. The van der Waals surface area contributed by atoms with Crippen LogP contribution in [0.15, 0.2) is 42.2 Å². The zero-order chi connectivity index (χ0) is 33.3. The van der Waals surface area contributed by atoms with E-state index in [4.69, 9.17) is 28.8 Å². The highest BCUT2D eigenvalue weighted by Crippen LogP contribution is 2.33. The Labute approximate surface area is 268 Å². The molecule has 3 N–H and O–H groups in total. The molecule has 2 heterocycles. The van der Waals surface area contributed by atoms with Crippen LogP contribution in [0.5, 0.6) is 0 Å². The van der Waals surface area contributed by atoms with Crippen molar-refractivity contribution in [1.82, 2.24) is 10.2 Å². The molecule has 5 atom stereocenters. The molecule has 3 aliphatic rings. The minimum atomic E-state index is -0.808. The number of amides is 2. The number of aliphatic hydroxyl groups is 2. The number of hydrogen-bond acceptors (Lipinski definition) is 11. The van der Waals surface area contributed by atoms with Gasteiger partial charge in [0.2, 0.25) is 11.8 Å². The maximum atomic E-state index is 13.8. The summed E-state index contributed by atoms with van der Waals surface area (Å²) in [7, 11) is 0. The molecule has 0 saturated carbocycles. The molecule has 5 unspecified atom stereocenters. The van der Waals surface area contributed by atoms with Crippen LogP contribution >= 0.6 is 0 Å². The number of hydrogen-bond donors (Lipinski definition) is 3. The molecular formula is C33H44N2O11. The fourth-order valence-corrected chi connectivity index (χ4v) is 5.59. The molecule has 2 fully saturated rings. The standard InChI is InChI=1S/C33H44N2O11/c1-33(2,3)46-28(38)10-9-24(19-37)34-30(39)25-8-5-12-35(25)31(40)23-17-26-29(44-20-43-26)27(18-23)45-32(41)22-7-4-6-21(16-22)11-14-42-15-13-36/h4,6-7,11,14,16-17,24-27,29,36-37H,5,8-10,12-13,15,18-20H2,1-3H3,(H,34,39). The number of benzene rings is 1. The summed E-state index contributed by atoms with van der Waals surface area (Å²) < 4.78 is 27.7. The van der Waals surface area contributed by atoms with Gasteiger partial charge in [-0.2, -0.15) is 0 Å². The summed E-state index contributed by atoms with van der Waals surface area (Å²) >= 11 is 0. The van der Waals surface area contributed by atoms with Gasteiger partial charge >= 0.3 is 11.9 Å². The predicted molar refractivity (Wildman–Crippen MR) is 164 cm³/mol. The lowest BCUT2D eigenvalue weighted by molar-refractivity contribution is -0.155. The van der Waals surface area contributed by atoms with Gasteiger partial charge in [-0.05, 0) is 69.9 Å². The van der Waals surface area contributed by atoms with Crippen molar-refractivity contribution < 1.29 is 53.1 Å². The first-order chi connectivity index (χ1) is 22.0. The first-order valence-corrected chi connectivity index (χ1v) is 15.6. The highest BCUT2D eigenvalue weighted by molar-refractivity contribution is 5.98. The van der Waals surface area contributed by atoms with Gasteiger partial charge in [-0.1, -0.05) is 12.1 Å². The van der Waals surface area contributed by atoms with E-state index in [9.17, 15) is 24.3 Å². The number of carbonyl (C=O) groups excluding carboxylic acids is 4. The van der Waals surface area contributed by atoms with Gasteiger partial charge in [-0.3, -0.25) is 14.4 Å². The predicted octanol–water partition coefficient (Wildman–Crippen LogP) is 1.85. The van der Waals surface area contributed by atoms with Gasteiger partial charge in [0.1, 0.15) is 43.4 Å². The Balaban J connectivity index is 1.39. The van der Waals surface area contributed by atoms with Crippen LogP contribution < -0.4 is 5.32 Å². The number of likely N-dealkylation sites (tertiary alicyclic amines) is 1. The summed E-state index contributed by atoms with van der Waals surface area (Å²) in [6, 6.07) is 5.29. The van der Waals surface area contributed by atoms with Crippen LogP contribution in [-0.2, 0) is 38.1 Å². The maximum Gasteiger partial charge on any atom is 0.338 e. The van der Waals surface area contributed by atoms with Crippen molar-refractivity contribution in [2.24, 2.45) is 0 Å². The lowest BCUT2D eigenvalue weighted by atomic mass is 9.91. The summed E-state index contributed by atoms with van der Waals surface area (Å²) in [5.41, 5.74) is 0.700. The van der Waals surface area contributed by atoms with Gasteiger partial charge in [0.05, 0.1) is 31.1 Å². The van der Waals surface area contributed by atoms with Crippen molar-refractivity contribution in [3.63, 3.8) is 0 Å². The van der Waals surface area contributed by atoms with E-state index in [0.29, 0.717) is 36.1 Å². The van der Waals surface area contributed by atoms with E-state index in [2.05, 4.69) is 5.32 Å². The smallest absolute Gasteiger partial charge is 0.338 e. The van der Waals surface area contributed by atoms with Crippen LogP contribution in [0.4, 0.5) is 0 Å². The van der Waals surface area contributed by atoms with E-state index >= 15 is 0 Å².